The van der Waals surface area contributed by atoms with Crippen LogP contribution in [0.25, 0.3) is 0 Å². The van der Waals surface area contributed by atoms with Gasteiger partial charge in [-0.1, -0.05) is 90.4 Å². The summed E-state index contributed by atoms with van der Waals surface area (Å²) in [4.78, 5) is 10.5. The Morgan fingerprint density at radius 2 is 1.22 bits per heavy atom. The van der Waals surface area contributed by atoms with E-state index in [1.807, 2.05) is 0 Å². The predicted octanol–water partition coefficient (Wildman–Crippen LogP) is 0.610. The topological polar surface area (TPSA) is 260 Å². The predicted molar refractivity (Wildman–Crippen MR) is 177 cm³/mol. The molecule has 17 heteroatoms. The first-order chi connectivity index (χ1) is 23.4. The number of aliphatic hydroxyl groups excluding tert-OH is 7. The first-order valence-electron chi connectivity index (χ1n) is 17.9. The lowest BCUT2D eigenvalue weighted by Gasteiger charge is -2.47. The van der Waals surface area contributed by atoms with Crippen molar-refractivity contribution in [3.63, 3.8) is 0 Å². The molecule has 0 aromatic heterocycles. The van der Waals surface area contributed by atoms with E-state index in [0.29, 0.717) is 6.61 Å². The van der Waals surface area contributed by atoms with Gasteiger partial charge in [-0.05, 0) is 6.42 Å². The van der Waals surface area contributed by atoms with E-state index in [1.165, 1.54) is 77.7 Å². The third-order valence-electron chi connectivity index (χ3n) is 9.22. The van der Waals surface area contributed by atoms with Gasteiger partial charge in [0.25, 0.3) is 0 Å². The van der Waals surface area contributed by atoms with Crippen molar-refractivity contribution in [3.05, 3.63) is 0 Å². The van der Waals surface area contributed by atoms with Crippen LogP contribution in [0.15, 0.2) is 0 Å². The van der Waals surface area contributed by atoms with Crippen LogP contribution in [0.3, 0.4) is 0 Å². The Morgan fingerprint density at radius 3 is 1.73 bits per heavy atom. The van der Waals surface area contributed by atoms with E-state index < -0.39 is 94.4 Å². The summed E-state index contributed by atoms with van der Waals surface area (Å²) in [7, 11) is -3.67. The molecule has 0 spiro atoms. The molecule has 10 N–H and O–H groups in total. The van der Waals surface area contributed by atoms with Crippen molar-refractivity contribution in [1.82, 2.24) is 0 Å². The second kappa shape index (κ2) is 24.0. The Bertz CT molecular complexity index is 907. The molecule has 1 saturated heterocycles. The second-order valence-corrected chi connectivity index (χ2v) is 14.6. The van der Waals surface area contributed by atoms with E-state index in [4.69, 9.17) is 33.7 Å². The van der Waals surface area contributed by atoms with Gasteiger partial charge in [-0.25, -0.2) is 4.57 Å². The maximum Gasteiger partial charge on any atom is 0.472 e. The van der Waals surface area contributed by atoms with Crippen molar-refractivity contribution in [2.75, 3.05) is 33.5 Å². The van der Waals surface area contributed by atoms with Gasteiger partial charge >= 0.3 is 7.82 Å². The maximum absolute atomic E-state index is 12.9. The fourth-order valence-electron chi connectivity index (χ4n) is 6.00. The number of aliphatic hydroxyl groups is 7. The first-order valence-corrected chi connectivity index (χ1v) is 19.4. The molecule has 1 saturated carbocycles. The number of unbranched alkanes of at least 4 members (excludes halogenated alkanes) is 13. The zero-order valence-electron chi connectivity index (χ0n) is 29.1. The quantitative estimate of drug-likeness (QED) is 0.0436. The summed E-state index contributed by atoms with van der Waals surface area (Å²) in [6, 6.07) is -1.45. The zero-order chi connectivity index (χ0) is 36.4. The molecule has 0 radical (unpaired) electrons. The standard InChI is InChI=1S/C32H64NO15P/c1-3-4-5-6-7-8-9-10-11-12-13-14-15-16-17-44-19-21(43-2)20-45-49(41,42)48-31-29(40)27(38)26(37)28(39)30(31)47-32-23(33)25(36)24(35)22(18-34)46-32/h21-32,34-40H,3-20,33H2,1-2H3,(H,41,42)/t21-,22-,23-,24-,25-,26-,27-,28+,29-,30-,31-,32-/m1/s1. The van der Waals surface area contributed by atoms with Crippen molar-refractivity contribution in [2.24, 2.45) is 5.73 Å². The van der Waals surface area contributed by atoms with Crippen LogP contribution < -0.4 is 5.73 Å². The highest BCUT2D eigenvalue weighted by atomic mass is 31.2. The van der Waals surface area contributed by atoms with Gasteiger partial charge in [-0.3, -0.25) is 9.05 Å². The van der Waals surface area contributed by atoms with Crippen LogP contribution in [-0.4, -0.2) is 148 Å². The van der Waals surface area contributed by atoms with Gasteiger partial charge in [-0.2, -0.15) is 0 Å². The van der Waals surface area contributed by atoms with Gasteiger partial charge in [0.2, 0.25) is 0 Å². The minimum Gasteiger partial charge on any atom is -0.394 e. The van der Waals surface area contributed by atoms with Crippen LogP contribution in [0.4, 0.5) is 0 Å². The molecule has 16 nitrogen and oxygen atoms in total. The summed E-state index contributed by atoms with van der Waals surface area (Å²) in [5.74, 6) is 0. The number of rotatable bonds is 26. The van der Waals surface area contributed by atoms with Crippen LogP contribution >= 0.6 is 7.82 Å². The van der Waals surface area contributed by atoms with Crippen molar-refractivity contribution in [2.45, 2.75) is 170 Å². The number of phosphoric ester groups is 1. The molecule has 2 rings (SSSR count). The van der Waals surface area contributed by atoms with Crippen LogP contribution in [0.1, 0.15) is 96.8 Å². The summed E-state index contributed by atoms with van der Waals surface area (Å²) < 4.78 is 45.0. The molecule has 1 unspecified atom stereocenters. The molecule has 13 atom stereocenters. The summed E-state index contributed by atoms with van der Waals surface area (Å²) >= 11 is 0. The van der Waals surface area contributed by atoms with Gasteiger partial charge in [0, 0.05) is 13.7 Å². The van der Waals surface area contributed by atoms with Gasteiger partial charge in [-0.15, -0.1) is 0 Å². The molecule has 2 fully saturated rings. The molecule has 292 valence electrons. The van der Waals surface area contributed by atoms with E-state index in [2.05, 4.69) is 6.92 Å². The zero-order valence-corrected chi connectivity index (χ0v) is 30.0. The monoisotopic (exact) mass is 733 g/mol. The first kappa shape index (κ1) is 44.8. The Kier molecular flexibility index (Phi) is 22.0. The number of hydrogen-bond acceptors (Lipinski definition) is 15. The number of hydrogen-bond donors (Lipinski definition) is 9. The lowest BCUT2D eigenvalue weighted by molar-refractivity contribution is -0.315. The SMILES string of the molecule is CCCCCCCCCCCCCCCCOC[C@H](COP(=O)(O)O[C@@H]1[C@H](O)[C@H](O)[C@@H](O)[C@H](O)[C@H]1O[C@H]1O[C@H](CO)[C@@H](O)[C@H](O)[C@H]1N)OC. The number of nitrogens with two attached hydrogens (primary N) is 1. The molecule has 2 aliphatic rings. The van der Waals surface area contributed by atoms with E-state index in [-0.39, 0.29) is 6.61 Å². The van der Waals surface area contributed by atoms with Gasteiger partial charge in [0.1, 0.15) is 61.0 Å². The highest BCUT2D eigenvalue weighted by molar-refractivity contribution is 7.47. The van der Waals surface area contributed by atoms with Gasteiger partial charge < -0.3 is 65.3 Å². The lowest BCUT2D eigenvalue weighted by Crippen LogP contribution is -2.68. The van der Waals surface area contributed by atoms with E-state index in [1.54, 1.807) is 0 Å². The molecular weight excluding hydrogens is 669 g/mol. The molecule has 0 aromatic rings. The summed E-state index contributed by atoms with van der Waals surface area (Å²) in [6.45, 7) is 1.58. The Balaban J connectivity index is 1.74. The second-order valence-electron chi connectivity index (χ2n) is 13.2. The summed E-state index contributed by atoms with van der Waals surface area (Å²) in [6.07, 6.45) is -1.50. The number of ether oxygens (including phenoxy) is 4. The number of phosphoric acid groups is 1. The third-order valence-corrected chi connectivity index (χ3v) is 10.2. The highest BCUT2D eigenvalue weighted by Gasteiger charge is 2.55. The summed E-state index contributed by atoms with van der Waals surface area (Å²) in [5.41, 5.74) is 5.88. The minimum atomic E-state index is -5.04. The van der Waals surface area contributed by atoms with E-state index in [9.17, 15) is 45.2 Å². The van der Waals surface area contributed by atoms with Crippen molar-refractivity contribution in [1.29, 1.82) is 0 Å². The largest absolute Gasteiger partial charge is 0.472 e. The molecule has 0 aromatic carbocycles. The van der Waals surface area contributed by atoms with Crippen LogP contribution in [0.2, 0.25) is 0 Å². The van der Waals surface area contributed by atoms with Crippen molar-refractivity contribution < 1.29 is 73.2 Å². The van der Waals surface area contributed by atoms with Crippen LogP contribution in [0, 0.1) is 0 Å². The Morgan fingerprint density at radius 1 is 0.714 bits per heavy atom. The average Bonchev–Trinajstić information content (AvgIpc) is 3.08. The molecule has 1 aliphatic carbocycles. The molecule has 1 heterocycles. The summed E-state index contributed by atoms with van der Waals surface area (Å²) in [5, 5.41) is 71.5. The smallest absolute Gasteiger partial charge is 0.394 e. The van der Waals surface area contributed by atoms with E-state index in [0.717, 1.165) is 19.3 Å². The van der Waals surface area contributed by atoms with E-state index >= 15 is 0 Å². The Labute approximate surface area is 290 Å². The molecular formula is C32H64NO15P. The van der Waals surface area contributed by atoms with Gasteiger partial charge in [0.05, 0.1) is 25.9 Å². The van der Waals surface area contributed by atoms with Crippen molar-refractivity contribution >= 4 is 7.82 Å². The van der Waals surface area contributed by atoms with Crippen molar-refractivity contribution in [3.8, 4) is 0 Å². The lowest BCUT2D eigenvalue weighted by atomic mass is 9.84. The fourth-order valence-corrected chi connectivity index (χ4v) is 6.97. The molecule has 0 amide bonds. The van der Waals surface area contributed by atoms with Crippen LogP contribution in [-0.2, 0) is 32.6 Å². The van der Waals surface area contributed by atoms with Gasteiger partial charge in [0.15, 0.2) is 6.29 Å². The molecule has 1 aliphatic heterocycles. The normalized spacial score (nSPS) is 34.1. The average molecular weight is 734 g/mol. The Hall–Kier alpha value is -0.370. The minimum absolute atomic E-state index is 0.0630. The molecule has 0 bridgehead atoms. The third kappa shape index (κ3) is 15.3. The highest BCUT2D eigenvalue weighted by Crippen LogP contribution is 2.47. The maximum atomic E-state index is 12.9. The van der Waals surface area contributed by atoms with Crippen LogP contribution in [0.5, 0.6) is 0 Å². The number of methoxy groups -OCH3 is 1. The fraction of sp³-hybridized carbons (Fsp3) is 1.00. The molecule has 49 heavy (non-hydrogen) atoms.